The highest BCUT2D eigenvalue weighted by atomic mass is 14.6. The molecule has 0 amide bonds. The molecular formula is C11H17N. The lowest BCUT2D eigenvalue weighted by Crippen LogP contribution is -1.92. The number of rotatable bonds is 4. The smallest absolute Gasteiger partial charge is 0.0270 e. The average molecular weight is 163 g/mol. The Morgan fingerprint density at radius 2 is 2.00 bits per heavy atom. The van der Waals surface area contributed by atoms with Gasteiger partial charge in [0.2, 0.25) is 0 Å². The summed E-state index contributed by atoms with van der Waals surface area (Å²) in [5.41, 5.74) is 1.42. The first kappa shape index (κ1) is 9.24. The minimum absolute atomic E-state index is 0.688. The molecule has 1 atom stereocenters. The molecule has 12 heavy (non-hydrogen) atoms. The van der Waals surface area contributed by atoms with Crippen LogP contribution in [-0.4, -0.2) is 4.98 Å². The van der Waals surface area contributed by atoms with Gasteiger partial charge in [-0.1, -0.05) is 26.7 Å². The van der Waals surface area contributed by atoms with E-state index in [-0.39, 0.29) is 0 Å². The summed E-state index contributed by atoms with van der Waals surface area (Å²) < 4.78 is 0. The molecule has 66 valence electrons. The van der Waals surface area contributed by atoms with Crippen molar-refractivity contribution in [1.29, 1.82) is 0 Å². The lowest BCUT2D eigenvalue weighted by atomic mass is 9.97. The Morgan fingerprint density at radius 1 is 1.33 bits per heavy atom. The van der Waals surface area contributed by atoms with Crippen LogP contribution in [0.1, 0.15) is 44.6 Å². The zero-order chi connectivity index (χ0) is 8.81. The number of pyridine rings is 1. The molecule has 0 aliphatic carbocycles. The molecule has 1 heterocycles. The molecule has 0 radical (unpaired) electrons. The molecule has 0 spiro atoms. The quantitative estimate of drug-likeness (QED) is 0.663. The molecule has 1 aromatic rings. The third kappa shape index (κ3) is 2.65. The van der Waals surface area contributed by atoms with E-state index in [0.717, 1.165) is 0 Å². The molecule has 0 saturated carbocycles. The summed E-state index contributed by atoms with van der Waals surface area (Å²) in [6, 6.07) is 4.22. The van der Waals surface area contributed by atoms with Gasteiger partial charge in [0, 0.05) is 12.4 Å². The highest BCUT2D eigenvalue weighted by Crippen LogP contribution is 2.19. The van der Waals surface area contributed by atoms with E-state index in [4.69, 9.17) is 0 Å². The third-order valence-corrected chi connectivity index (χ3v) is 2.27. The van der Waals surface area contributed by atoms with E-state index in [1.54, 1.807) is 0 Å². The maximum Gasteiger partial charge on any atom is 0.0270 e. The van der Waals surface area contributed by atoms with E-state index in [9.17, 15) is 0 Å². The van der Waals surface area contributed by atoms with Crippen LogP contribution >= 0.6 is 0 Å². The van der Waals surface area contributed by atoms with Crippen LogP contribution in [-0.2, 0) is 0 Å². The minimum Gasteiger partial charge on any atom is -0.265 e. The second-order valence-electron chi connectivity index (χ2n) is 3.32. The van der Waals surface area contributed by atoms with Crippen LogP contribution in [0.4, 0.5) is 0 Å². The normalized spacial score (nSPS) is 12.8. The largest absolute Gasteiger partial charge is 0.265 e. The van der Waals surface area contributed by atoms with Gasteiger partial charge in [0.15, 0.2) is 0 Å². The van der Waals surface area contributed by atoms with Gasteiger partial charge in [-0.3, -0.25) is 4.98 Å². The van der Waals surface area contributed by atoms with Gasteiger partial charge in [-0.15, -0.1) is 0 Å². The van der Waals surface area contributed by atoms with E-state index in [0.29, 0.717) is 5.92 Å². The highest BCUT2D eigenvalue weighted by molar-refractivity contribution is 5.14. The fraction of sp³-hybridized carbons (Fsp3) is 0.545. The summed E-state index contributed by atoms with van der Waals surface area (Å²) in [4.78, 5) is 4.01. The Balaban J connectivity index is 2.48. The molecule has 0 bridgehead atoms. The number of unbranched alkanes of at least 4 members (excludes halogenated alkanes) is 1. The molecule has 0 aliphatic rings. The van der Waals surface area contributed by atoms with Crippen molar-refractivity contribution in [1.82, 2.24) is 4.98 Å². The van der Waals surface area contributed by atoms with Gasteiger partial charge >= 0.3 is 0 Å². The fourth-order valence-corrected chi connectivity index (χ4v) is 1.37. The number of hydrogen-bond acceptors (Lipinski definition) is 1. The second kappa shape index (κ2) is 4.91. The Hall–Kier alpha value is -0.850. The first-order chi connectivity index (χ1) is 5.84. The summed E-state index contributed by atoms with van der Waals surface area (Å²) in [7, 11) is 0. The summed E-state index contributed by atoms with van der Waals surface area (Å²) in [6.07, 6.45) is 7.65. The standard InChI is InChI=1S/C11H17N/c1-3-4-5-10(2)11-6-8-12-9-7-11/h6-10H,3-5H2,1-2H3/t10-/m0/s1. The van der Waals surface area contributed by atoms with Crippen LogP contribution < -0.4 is 0 Å². The zero-order valence-electron chi connectivity index (χ0n) is 7.96. The van der Waals surface area contributed by atoms with Crippen LogP contribution in [0, 0.1) is 0 Å². The van der Waals surface area contributed by atoms with Gasteiger partial charge < -0.3 is 0 Å². The lowest BCUT2D eigenvalue weighted by molar-refractivity contribution is 0.624. The maximum absolute atomic E-state index is 4.01. The second-order valence-corrected chi connectivity index (χ2v) is 3.32. The molecule has 0 unspecified atom stereocenters. The molecule has 1 aromatic heterocycles. The predicted octanol–water partition coefficient (Wildman–Crippen LogP) is 3.38. The molecule has 0 aliphatic heterocycles. The predicted molar refractivity (Wildman–Crippen MR) is 52.2 cm³/mol. The monoisotopic (exact) mass is 163 g/mol. The Kier molecular flexibility index (Phi) is 3.78. The van der Waals surface area contributed by atoms with E-state index in [1.807, 2.05) is 12.4 Å². The van der Waals surface area contributed by atoms with Crippen molar-refractivity contribution in [3.63, 3.8) is 0 Å². The Bertz CT molecular complexity index is 206. The summed E-state index contributed by atoms with van der Waals surface area (Å²) in [5.74, 6) is 0.688. The number of nitrogens with zero attached hydrogens (tertiary/aromatic N) is 1. The average Bonchev–Trinajstić information content (AvgIpc) is 2.15. The van der Waals surface area contributed by atoms with E-state index >= 15 is 0 Å². The minimum atomic E-state index is 0.688. The van der Waals surface area contributed by atoms with Crippen molar-refractivity contribution in [2.45, 2.75) is 39.0 Å². The Labute approximate surface area is 74.8 Å². The van der Waals surface area contributed by atoms with Gasteiger partial charge in [-0.2, -0.15) is 0 Å². The van der Waals surface area contributed by atoms with Crippen LogP contribution in [0.3, 0.4) is 0 Å². The molecular weight excluding hydrogens is 146 g/mol. The molecule has 1 heteroatoms. The van der Waals surface area contributed by atoms with Crippen LogP contribution in [0.15, 0.2) is 24.5 Å². The molecule has 0 N–H and O–H groups in total. The number of aromatic nitrogens is 1. The van der Waals surface area contributed by atoms with E-state index < -0.39 is 0 Å². The fourth-order valence-electron chi connectivity index (χ4n) is 1.37. The molecule has 0 fully saturated rings. The topological polar surface area (TPSA) is 12.9 Å². The van der Waals surface area contributed by atoms with Crippen molar-refractivity contribution >= 4 is 0 Å². The van der Waals surface area contributed by atoms with Gasteiger partial charge in [0.1, 0.15) is 0 Å². The zero-order valence-corrected chi connectivity index (χ0v) is 7.96. The SMILES string of the molecule is CCCC[C@H](C)c1ccncc1. The maximum atomic E-state index is 4.01. The van der Waals surface area contributed by atoms with Crippen molar-refractivity contribution in [3.05, 3.63) is 30.1 Å². The number of hydrogen-bond donors (Lipinski definition) is 0. The van der Waals surface area contributed by atoms with Gasteiger partial charge in [0.25, 0.3) is 0 Å². The van der Waals surface area contributed by atoms with Gasteiger partial charge in [-0.05, 0) is 30.0 Å². The van der Waals surface area contributed by atoms with Gasteiger partial charge in [0.05, 0.1) is 0 Å². The van der Waals surface area contributed by atoms with Crippen molar-refractivity contribution in [2.24, 2.45) is 0 Å². The van der Waals surface area contributed by atoms with E-state index in [1.165, 1.54) is 24.8 Å². The molecule has 1 rings (SSSR count). The van der Waals surface area contributed by atoms with Crippen LogP contribution in [0.5, 0.6) is 0 Å². The summed E-state index contributed by atoms with van der Waals surface area (Å²) in [6.45, 7) is 4.52. The first-order valence-electron chi connectivity index (χ1n) is 4.74. The highest BCUT2D eigenvalue weighted by Gasteiger charge is 2.02. The van der Waals surface area contributed by atoms with Gasteiger partial charge in [-0.25, -0.2) is 0 Å². The van der Waals surface area contributed by atoms with Crippen molar-refractivity contribution < 1.29 is 0 Å². The van der Waals surface area contributed by atoms with Crippen molar-refractivity contribution in [3.8, 4) is 0 Å². The first-order valence-corrected chi connectivity index (χ1v) is 4.74. The molecule has 0 saturated heterocycles. The molecule has 0 aromatic carbocycles. The third-order valence-electron chi connectivity index (χ3n) is 2.27. The lowest BCUT2D eigenvalue weighted by Gasteiger charge is -2.09. The van der Waals surface area contributed by atoms with Crippen molar-refractivity contribution in [2.75, 3.05) is 0 Å². The Morgan fingerprint density at radius 3 is 2.58 bits per heavy atom. The van der Waals surface area contributed by atoms with E-state index in [2.05, 4.69) is 31.0 Å². The van der Waals surface area contributed by atoms with Crippen LogP contribution in [0.25, 0.3) is 0 Å². The summed E-state index contributed by atoms with van der Waals surface area (Å²) in [5, 5.41) is 0. The summed E-state index contributed by atoms with van der Waals surface area (Å²) >= 11 is 0. The van der Waals surface area contributed by atoms with Crippen LogP contribution in [0.2, 0.25) is 0 Å². The molecule has 1 nitrogen and oxygen atoms in total.